The summed E-state index contributed by atoms with van der Waals surface area (Å²) in [4.78, 5) is 16.6. The van der Waals surface area contributed by atoms with Gasteiger partial charge in [-0.1, -0.05) is 6.07 Å². The van der Waals surface area contributed by atoms with Crippen LogP contribution in [-0.2, 0) is 0 Å². The number of piperidine rings is 1. The Hall–Kier alpha value is -0.620. The summed E-state index contributed by atoms with van der Waals surface area (Å²) in [5, 5.41) is 0. The summed E-state index contributed by atoms with van der Waals surface area (Å²) in [5.41, 5.74) is 0.818. The first-order valence-electron chi connectivity index (χ1n) is 6.76. The van der Waals surface area contributed by atoms with E-state index in [2.05, 4.69) is 41.6 Å². The second kappa shape index (κ2) is 6.70. The van der Waals surface area contributed by atoms with E-state index in [1.165, 1.54) is 0 Å². The lowest BCUT2D eigenvalue weighted by Crippen LogP contribution is -2.40. The van der Waals surface area contributed by atoms with Crippen LogP contribution in [0.4, 0.5) is 0 Å². The molecule has 1 aromatic carbocycles. The van der Waals surface area contributed by atoms with Gasteiger partial charge in [-0.15, -0.1) is 0 Å². The molecule has 0 spiro atoms. The number of nitrogens with zero attached hydrogens (tertiary/aromatic N) is 2. The van der Waals surface area contributed by atoms with Gasteiger partial charge in [-0.25, -0.2) is 0 Å². The molecular formula is C15H21IN2O. The molecule has 1 saturated heterocycles. The summed E-state index contributed by atoms with van der Waals surface area (Å²) in [6, 6.07) is 7.85. The Morgan fingerprint density at radius 3 is 2.63 bits per heavy atom. The van der Waals surface area contributed by atoms with Crippen LogP contribution < -0.4 is 0 Å². The molecule has 1 aliphatic heterocycles. The number of rotatable bonds is 3. The third-order valence-electron chi connectivity index (χ3n) is 3.60. The van der Waals surface area contributed by atoms with Crippen LogP contribution in [0.25, 0.3) is 0 Å². The van der Waals surface area contributed by atoms with E-state index >= 15 is 0 Å². The first kappa shape index (κ1) is 14.8. The SMILES string of the molecule is CN(C)CC1CCN(C(=O)c2cccc(I)c2)CC1. The molecule has 19 heavy (non-hydrogen) atoms. The third kappa shape index (κ3) is 4.18. The molecule has 0 aliphatic carbocycles. The van der Waals surface area contributed by atoms with Crippen molar-refractivity contribution in [3.8, 4) is 0 Å². The average molecular weight is 372 g/mol. The highest BCUT2D eigenvalue weighted by atomic mass is 127. The number of benzene rings is 1. The minimum atomic E-state index is 0.182. The fourth-order valence-corrected chi connectivity index (χ4v) is 3.18. The zero-order chi connectivity index (χ0) is 13.8. The van der Waals surface area contributed by atoms with Gasteiger partial charge in [0.25, 0.3) is 5.91 Å². The fourth-order valence-electron chi connectivity index (χ4n) is 2.64. The van der Waals surface area contributed by atoms with E-state index in [-0.39, 0.29) is 5.91 Å². The van der Waals surface area contributed by atoms with Crippen molar-refractivity contribution < 1.29 is 4.79 Å². The molecule has 0 atom stereocenters. The molecular weight excluding hydrogens is 351 g/mol. The summed E-state index contributed by atoms with van der Waals surface area (Å²) in [7, 11) is 4.23. The molecule has 0 N–H and O–H groups in total. The third-order valence-corrected chi connectivity index (χ3v) is 4.27. The number of hydrogen-bond donors (Lipinski definition) is 0. The van der Waals surface area contributed by atoms with Crippen molar-refractivity contribution >= 4 is 28.5 Å². The van der Waals surface area contributed by atoms with Gasteiger partial charge in [-0.05, 0) is 73.6 Å². The molecule has 0 bridgehead atoms. The highest BCUT2D eigenvalue weighted by Gasteiger charge is 2.23. The first-order valence-corrected chi connectivity index (χ1v) is 7.83. The van der Waals surface area contributed by atoms with Gasteiger partial charge in [0.15, 0.2) is 0 Å². The predicted molar refractivity (Wildman–Crippen MR) is 86.3 cm³/mol. The van der Waals surface area contributed by atoms with E-state index in [1.54, 1.807) is 0 Å². The summed E-state index contributed by atoms with van der Waals surface area (Å²) in [5.74, 6) is 0.914. The second-order valence-corrected chi connectivity index (χ2v) is 6.75. The molecule has 1 heterocycles. The lowest BCUT2D eigenvalue weighted by molar-refractivity contribution is 0.0678. The topological polar surface area (TPSA) is 23.6 Å². The number of carbonyl (C=O) groups excluding carboxylic acids is 1. The van der Waals surface area contributed by atoms with Crippen molar-refractivity contribution in [1.82, 2.24) is 9.80 Å². The fraction of sp³-hybridized carbons (Fsp3) is 0.533. The van der Waals surface area contributed by atoms with Crippen molar-refractivity contribution in [3.63, 3.8) is 0 Å². The van der Waals surface area contributed by atoms with Gasteiger partial charge in [0, 0.05) is 28.8 Å². The molecule has 104 valence electrons. The monoisotopic (exact) mass is 372 g/mol. The van der Waals surface area contributed by atoms with Crippen LogP contribution in [0.3, 0.4) is 0 Å². The van der Waals surface area contributed by atoms with Gasteiger partial charge >= 0.3 is 0 Å². The Kier molecular flexibility index (Phi) is 5.21. The smallest absolute Gasteiger partial charge is 0.253 e. The largest absolute Gasteiger partial charge is 0.339 e. The van der Waals surface area contributed by atoms with E-state index in [4.69, 9.17) is 0 Å². The molecule has 2 rings (SSSR count). The Labute approximate surface area is 129 Å². The van der Waals surface area contributed by atoms with E-state index < -0.39 is 0 Å². The highest BCUT2D eigenvalue weighted by molar-refractivity contribution is 14.1. The van der Waals surface area contributed by atoms with Crippen LogP contribution in [0.2, 0.25) is 0 Å². The predicted octanol–water partition coefficient (Wildman–Crippen LogP) is 2.71. The van der Waals surface area contributed by atoms with E-state index in [0.717, 1.165) is 47.5 Å². The van der Waals surface area contributed by atoms with Gasteiger partial charge < -0.3 is 9.80 Å². The van der Waals surface area contributed by atoms with Crippen LogP contribution >= 0.6 is 22.6 Å². The van der Waals surface area contributed by atoms with E-state index in [1.807, 2.05) is 29.2 Å². The van der Waals surface area contributed by atoms with Crippen LogP contribution in [0.1, 0.15) is 23.2 Å². The highest BCUT2D eigenvalue weighted by Crippen LogP contribution is 2.20. The Morgan fingerprint density at radius 2 is 2.05 bits per heavy atom. The lowest BCUT2D eigenvalue weighted by Gasteiger charge is -2.33. The van der Waals surface area contributed by atoms with Gasteiger partial charge in [-0.3, -0.25) is 4.79 Å². The Balaban J connectivity index is 1.92. The lowest BCUT2D eigenvalue weighted by atomic mass is 9.96. The van der Waals surface area contributed by atoms with Crippen LogP contribution in [0.5, 0.6) is 0 Å². The Bertz CT molecular complexity index is 440. The minimum absolute atomic E-state index is 0.182. The number of halogens is 1. The molecule has 0 aromatic heterocycles. The summed E-state index contributed by atoms with van der Waals surface area (Å²) in [6.45, 7) is 2.91. The Morgan fingerprint density at radius 1 is 1.37 bits per heavy atom. The maximum absolute atomic E-state index is 12.4. The number of hydrogen-bond acceptors (Lipinski definition) is 2. The summed E-state index contributed by atoms with van der Waals surface area (Å²) < 4.78 is 1.12. The van der Waals surface area contributed by atoms with Crippen molar-refractivity contribution in [3.05, 3.63) is 33.4 Å². The molecule has 0 saturated carbocycles. The van der Waals surface area contributed by atoms with E-state index in [9.17, 15) is 4.79 Å². The molecule has 1 fully saturated rings. The summed E-state index contributed by atoms with van der Waals surface area (Å²) >= 11 is 2.25. The van der Waals surface area contributed by atoms with Crippen LogP contribution in [0, 0.1) is 9.49 Å². The zero-order valence-electron chi connectivity index (χ0n) is 11.6. The van der Waals surface area contributed by atoms with Crippen LogP contribution in [0.15, 0.2) is 24.3 Å². The number of amides is 1. The maximum Gasteiger partial charge on any atom is 0.253 e. The second-order valence-electron chi connectivity index (χ2n) is 5.51. The van der Waals surface area contributed by atoms with E-state index in [0.29, 0.717) is 0 Å². The standard InChI is InChI=1S/C15H21IN2O/c1-17(2)11-12-6-8-18(9-7-12)15(19)13-4-3-5-14(16)10-13/h3-5,10,12H,6-9,11H2,1-2H3. The molecule has 1 aromatic rings. The molecule has 1 aliphatic rings. The first-order chi connectivity index (χ1) is 9.06. The molecule has 0 radical (unpaired) electrons. The average Bonchev–Trinajstić information content (AvgIpc) is 2.38. The minimum Gasteiger partial charge on any atom is -0.339 e. The van der Waals surface area contributed by atoms with Crippen molar-refractivity contribution in [1.29, 1.82) is 0 Å². The zero-order valence-corrected chi connectivity index (χ0v) is 13.8. The van der Waals surface area contributed by atoms with Crippen molar-refractivity contribution in [2.24, 2.45) is 5.92 Å². The van der Waals surface area contributed by atoms with Gasteiger partial charge in [-0.2, -0.15) is 0 Å². The summed E-state index contributed by atoms with van der Waals surface area (Å²) in [6.07, 6.45) is 2.24. The molecule has 0 unspecified atom stereocenters. The molecule has 3 nitrogen and oxygen atoms in total. The normalized spacial score (nSPS) is 16.9. The van der Waals surface area contributed by atoms with Gasteiger partial charge in [0.2, 0.25) is 0 Å². The number of likely N-dealkylation sites (tertiary alicyclic amines) is 1. The maximum atomic E-state index is 12.4. The molecule has 1 amide bonds. The van der Waals surface area contributed by atoms with Gasteiger partial charge in [0.1, 0.15) is 0 Å². The quantitative estimate of drug-likeness (QED) is 0.762. The van der Waals surface area contributed by atoms with Crippen molar-refractivity contribution in [2.75, 3.05) is 33.7 Å². The number of carbonyl (C=O) groups is 1. The van der Waals surface area contributed by atoms with Crippen molar-refractivity contribution in [2.45, 2.75) is 12.8 Å². The van der Waals surface area contributed by atoms with Gasteiger partial charge in [0.05, 0.1) is 0 Å². The molecule has 4 heteroatoms. The van der Waals surface area contributed by atoms with Crippen LogP contribution in [-0.4, -0.2) is 49.4 Å².